The van der Waals surface area contributed by atoms with Gasteiger partial charge < -0.3 is 21.1 Å². The number of carbonyl (C=O) groups excluding carboxylic acids is 1. The second kappa shape index (κ2) is 13.4. The molecule has 0 spiro atoms. The smallest absolute Gasteiger partial charge is 0.407 e. The molecule has 0 aromatic heterocycles. The van der Waals surface area contributed by atoms with Crippen LogP contribution in [0.3, 0.4) is 0 Å². The van der Waals surface area contributed by atoms with Crippen molar-refractivity contribution >= 4 is 36.0 Å². The Hall–Kier alpha value is -0.770. The normalized spacial score (nSPS) is 19.4. The SMILES string of the molecule is CCOC(=O)NC(CN=C(N)NCC1CCCN1CC)CC(C)C.I. The summed E-state index contributed by atoms with van der Waals surface area (Å²) >= 11 is 0. The zero-order valence-corrected chi connectivity index (χ0v) is 18.4. The molecule has 148 valence electrons. The summed E-state index contributed by atoms with van der Waals surface area (Å²) in [4.78, 5) is 18.5. The maximum absolute atomic E-state index is 11.6. The number of likely N-dealkylation sites (tertiary alicyclic amines) is 1. The fourth-order valence-corrected chi connectivity index (χ4v) is 3.12. The molecule has 1 amide bonds. The van der Waals surface area contributed by atoms with E-state index in [1.165, 1.54) is 19.4 Å². The van der Waals surface area contributed by atoms with Gasteiger partial charge in [0.15, 0.2) is 5.96 Å². The first-order valence-corrected chi connectivity index (χ1v) is 9.17. The van der Waals surface area contributed by atoms with Crippen molar-refractivity contribution in [1.29, 1.82) is 0 Å². The summed E-state index contributed by atoms with van der Waals surface area (Å²) in [5, 5.41) is 6.08. The second-order valence-electron chi connectivity index (χ2n) is 6.72. The van der Waals surface area contributed by atoms with Crippen LogP contribution in [0.5, 0.6) is 0 Å². The van der Waals surface area contributed by atoms with Crippen molar-refractivity contribution in [1.82, 2.24) is 15.5 Å². The molecule has 1 fully saturated rings. The largest absolute Gasteiger partial charge is 0.450 e. The van der Waals surface area contributed by atoms with E-state index in [1.54, 1.807) is 6.92 Å². The maximum atomic E-state index is 11.6. The van der Waals surface area contributed by atoms with E-state index < -0.39 is 6.09 Å². The Labute approximate surface area is 169 Å². The van der Waals surface area contributed by atoms with Gasteiger partial charge in [0.1, 0.15) is 0 Å². The van der Waals surface area contributed by atoms with Crippen molar-refractivity contribution < 1.29 is 9.53 Å². The Kier molecular flexibility index (Phi) is 13.0. The number of nitrogens with zero attached hydrogens (tertiary/aromatic N) is 2. The van der Waals surface area contributed by atoms with Gasteiger partial charge >= 0.3 is 6.09 Å². The number of amides is 1. The van der Waals surface area contributed by atoms with Crippen molar-refractivity contribution in [2.24, 2.45) is 16.6 Å². The highest BCUT2D eigenvalue weighted by Crippen LogP contribution is 2.15. The van der Waals surface area contributed by atoms with Crippen LogP contribution in [-0.4, -0.2) is 61.8 Å². The number of hydrogen-bond donors (Lipinski definition) is 3. The highest BCUT2D eigenvalue weighted by molar-refractivity contribution is 14.0. The third kappa shape index (κ3) is 10.1. The van der Waals surface area contributed by atoms with Crippen LogP contribution in [0.4, 0.5) is 4.79 Å². The summed E-state index contributed by atoms with van der Waals surface area (Å²) in [5.74, 6) is 0.898. The van der Waals surface area contributed by atoms with Crippen molar-refractivity contribution in [3.8, 4) is 0 Å². The summed E-state index contributed by atoms with van der Waals surface area (Å²) in [6.45, 7) is 12.1. The van der Waals surface area contributed by atoms with Gasteiger partial charge in [-0.1, -0.05) is 20.8 Å². The quantitative estimate of drug-likeness (QED) is 0.274. The third-order valence-electron chi connectivity index (χ3n) is 4.26. The fraction of sp³-hybridized carbons (Fsp3) is 0.882. The molecular weight excluding hydrogens is 433 g/mol. The Balaban J connectivity index is 0.00000576. The van der Waals surface area contributed by atoms with E-state index in [9.17, 15) is 4.79 Å². The van der Waals surface area contributed by atoms with Crippen LogP contribution in [0, 0.1) is 5.92 Å². The van der Waals surface area contributed by atoms with E-state index in [0.29, 0.717) is 31.1 Å². The van der Waals surface area contributed by atoms with Gasteiger partial charge in [-0.15, -0.1) is 24.0 Å². The minimum atomic E-state index is -0.394. The zero-order chi connectivity index (χ0) is 17.9. The number of likely N-dealkylation sites (N-methyl/N-ethyl adjacent to an activating group) is 1. The summed E-state index contributed by atoms with van der Waals surface area (Å²) < 4.78 is 4.95. The van der Waals surface area contributed by atoms with Crippen molar-refractivity contribution in [3.05, 3.63) is 0 Å². The lowest BCUT2D eigenvalue weighted by Gasteiger charge is -2.23. The molecule has 25 heavy (non-hydrogen) atoms. The minimum absolute atomic E-state index is 0. The number of nitrogens with one attached hydrogen (secondary N) is 2. The number of rotatable bonds is 9. The predicted octanol–water partition coefficient (Wildman–Crippen LogP) is 2.15. The van der Waals surface area contributed by atoms with Crippen LogP contribution < -0.4 is 16.4 Å². The van der Waals surface area contributed by atoms with Crippen molar-refractivity contribution in [2.75, 3.05) is 32.8 Å². The lowest BCUT2D eigenvalue weighted by molar-refractivity contribution is 0.147. The van der Waals surface area contributed by atoms with Crippen LogP contribution in [0.2, 0.25) is 0 Å². The molecular formula is C17H36IN5O2. The first kappa shape index (κ1) is 24.2. The zero-order valence-electron chi connectivity index (χ0n) is 16.1. The predicted molar refractivity (Wildman–Crippen MR) is 114 cm³/mol. The number of hydrogen-bond acceptors (Lipinski definition) is 4. The molecule has 2 unspecified atom stereocenters. The number of alkyl carbamates (subject to hydrolysis) is 1. The molecule has 4 N–H and O–H groups in total. The average molecular weight is 469 g/mol. The molecule has 1 aliphatic rings. The van der Waals surface area contributed by atoms with Gasteiger partial charge in [0.25, 0.3) is 0 Å². The Bertz CT molecular complexity index is 406. The van der Waals surface area contributed by atoms with Crippen LogP contribution in [0.25, 0.3) is 0 Å². The first-order valence-electron chi connectivity index (χ1n) is 9.17. The number of carbonyl (C=O) groups is 1. The third-order valence-corrected chi connectivity index (χ3v) is 4.26. The molecule has 1 aliphatic heterocycles. The monoisotopic (exact) mass is 469 g/mol. The maximum Gasteiger partial charge on any atom is 0.407 e. The number of ether oxygens (including phenoxy) is 1. The molecule has 0 aromatic carbocycles. The van der Waals surface area contributed by atoms with Crippen molar-refractivity contribution in [2.45, 2.75) is 59.0 Å². The van der Waals surface area contributed by atoms with Gasteiger partial charge in [-0.3, -0.25) is 9.89 Å². The topological polar surface area (TPSA) is 92.0 Å². The van der Waals surface area contributed by atoms with Crippen molar-refractivity contribution in [3.63, 3.8) is 0 Å². The van der Waals surface area contributed by atoms with E-state index >= 15 is 0 Å². The fourth-order valence-electron chi connectivity index (χ4n) is 3.12. The number of nitrogens with two attached hydrogens (primary N) is 1. The van der Waals surface area contributed by atoms with Crippen LogP contribution in [-0.2, 0) is 4.74 Å². The highest BCUT2D eigenvalue weighted by atomic mass is 127. The lowest BCUT2D eigenvalue weighted by atomic mass is 10.0. The molecule has 1 saturated heterocycles. The molecule has 2 atom stereocenters. The summed E-state index contributed by atoms with van der Waals surface area (Å²) in [6, 6.07) is 0.468. The molecule has 1 rings (SSSR count). The average Bonchev–Trinajstić information content (AvgIpc) is 2.97. The molecule has 0 aromatic rings. The molecule has 0 aliphatic carbocycles. The van der Waals surface area contributed by atoms with E-state index in [0.717, 1.165) is 19.5 Å². The number of halogens is 1. The Morgan fingerprint density at radius 1 is 1.40 bits per heavy atom. The van der Waals surface area contributed by atoms with Gasteiger partial charge in [0.2, 0.25) is 0 Å². The molecule has 0 bridgehead atoms. The molecule has 1 heterocycles. The van der Waals surface area contributed by atoms with E-state index in [2.05, 4.69) is 41.3 Å². The van der Waals surface area contributed by atoms with E-state index in [-0.39, 0.29) is 30.0 Å². The van der Waals surface area contributed by atoms with Gasteiger partial charge in [-0.2, -0.15) is 0 Å². The molecule has 7 nitrogen and oxygen atoms in total. The van der Waals surface area contributed by atoms with Gasteiger partial charge in [0, 0.05) is 12.6 Å². The Morgan fingerprint density at radius 3 is 2.72 bits per heavy atom. The molecule has 0 saturated carbocycles. The van der Waals surface area contributed by atoms with E-state index in [1.807, 2.05) is 0 Å². The lowest BCUT2D eigenvalue weighted by Crippen LogP contribution is -2.44. The highest BCUT2D eigenvalue weighted by Gasteiger charge is 2.22. The van der Waals surface area contributed by atoms with Gasteiger partial charge in [-0.25, -0.2) is 4.79 Å². The van der Waals surface area contributed by atoms with E-state index in [4.69, 9.17) is 10.5 Å². The van der Waals surface area contributed by atoms with Crippen LogP contribution >= 0.6 is 24.0 Å². The molecule has 0 radical (unpaired) electrons. The van der Waals surface area contributed by atoms with Gasteiger partial charge in [-0.05, 0) is 45.2 Å². The summed E-state index contributed by atoms with van der Waals surface area (Å²) in [5.41, 5.74) is 5.98. The number of guanidine groups is 1. The first-order chi connectivity index (χ1) is 11.5. The number of aliphatic imine (C=N–C) groups is 1. The van der Waals surface area contributed by atoms with Crippen LogP contribution in [0.1, 0.15) is 47.0 Å². The summed E-state index contributed by atoms with van der Waals surface area (Å²) in [7, 11) is 0. The van der Waals surface area contributed by atoms with Gasteiger partial charge in [0.05, 0.1) is 19.2 Å². The Morgan fingerprint density at radius 2 is 2.12 bits per heavy atom. The minimum Gasteiger partial charge on any atom is -0.450 e. The second-order valence-corrected chi connectivity index (χ2v) is 6.72. The summed E-state index contributed by atoms with van der Waals surface area (Å²) in [6.07, 6.45) is 2.89. The van der Waals surface area contributed by atoms with Crippen LogP contribution in [0.15, 0.2) is 4.99 Å². The molecule has 8 heteroatoms. The standard InChI is InChI=1S/C17H35N5O2.HI/c1-5-22-9-7-8-15(22)12-20-16(18)19-11-14(10-13(3)4)21-17(23)24-6-2;/h13-15H,5-12H2,1-4H3,(H,21,23)(H3,18,19,20);1H.